The minimum atomic E-state index is -1.01. The van der Waals surface area contributed by atoms with Crippen molar-refractivity contribution in [3.05, 3.63) is 29.8 Å². The number of unbranched alkanes of at least 4 members (excludes halogenated alkanes) is 9. The fraction of sp³-hybridized carbons (Fsp3) is 0.650. The molecule has 0 aliphatic carbocycles. The normalized spacial score (nSPS) is 10.4. The molecule has 0 saturated heterocycles. The van der Waals surface area contributed by atoms with Crippen LogP contribution in [0.4, 0.5) is 0 Å². The first-order valence-corrected chi connectivity index (χ1v) is 10.1. The maximum atomic E-state index is 10.4. The first-order chi connectivity index (χ1) is 11.2. The summed E-state index contributed by atoms with van der Waals surface area (Å²) in [6.45, 7) is 2.26. The maximum Gasteiger partial charge on any atom is 1.00 e. The SMILES string of the molecule is CCCCCCCCCCCCc1ccc(SCC(=O)[O-])cc1.[K+]. The zero-order chi connectivity index (χ0) is 16.8. The van der Waals surface area contributed by atoms with Gasteiger partial charge in [0.25, 0.3) is 0 Å². The van der Waals surface area contributed by atoms with Crippen molar-refractivity contribution in [3.63, 3.8) is 0 Å². The zero-order valence-electron chi connectivity index (χ0n) is 15.5. The number of hydrogen-bond acceptors (Lipinski definition) is 3. The van der Waals surface area contributed by atoms with Crippen molar-refractivity contribution < 1.29 is 61.3 Å². The third-order valence-corrected chi connectivity index (χ3v) is 5.08. The number of rotatable bonds is 14. The van der Waals surface area contributed by atoms with Gasteiger partial charge in [-0.3, -0.25) is 0 Å². The average Bonchev–Trinajstić information content (AvgIpc) is 2.55. The molecule has 0 saturated carbocycles. The van der Waals surface area contributed by atoms with Crippen LogP contribution in [0.1, 0.15) is 76.7 Å². The molecule has 0 heterocycles. The molecule has 0 atom stereocenters. The van der Waals surface area contributed by atoms with E-state index in [1.165, 1.54) is 81.5 Å². The number of aliphatic carboxylic acids is 1. The van der Waals surface area contributed by atoms with Gasteiger partial charge in [0, 0.05) is 10.6 Å². The first kappa shape index (κ1) is 24.7. The second kappa shape index (κ2) is 17.1. The summed E-state index contributed by atoms with van der Waals surface area (Å²) in [7, 11) is 0. The smallest absolute Gasteiger partial charge is 0.549 e. The molecule has 0 amide bonds. The number of thioether (sulfide) groups is 1. The van der Waals surface area contributed by atoms with Gasteiger partial charge in [-0.15, -0.1) is 11.8 Å². The van der Waals surface area contributed by atoms with Crippen LogP contribution in [-0.2, 0) is 11.2 Å². The van der Waals surface area contributed by atoms with Crippen LogP contribution in [0, 0.1) is 0 Å². The monoisotopic (exact) mass is 374 g/mol. The molecule has 0 aliphatic heterocycles. The van der Waals surface area contributed by atoms with Crippen LogP contribution in [-0.4, -0.2) is 11.7 Å². The van der Waals surface area contributed by atoms with E-state index in [1.54, 1.807) is 0 Å². The van der Waals surface area contributed by atoms with Crippen molar-refractivity contribution in [2.24, 2.45) is 0 Å². The van der Waals surface area contributed by atoms with E-state index in [2.05, 4.69) is 19.1 Å². The van der Waals surface area contributed by atoms with E-state index in [1.807, 2.05) is 12.1 Å². The van der Waals surface area contributed by atoms with Gasteiger partial charge in [0.15, 0.2) is 0 Å². The predicted molar refractivity (Wildman–Crippen MR) is 97.7 cm³/mol. The van der Waals surface area contributed by atoms with E-state index < -0.39 is 5.97 Å². The molecule has 1 aromatic carbocycles. The summed E-state index contributed by atoms with van der Waals surface area (Å²) in [4.78, 5) is 11.4. The molecule has 4 heteroatoms. The Morgan fingerprint density at radius 2 is 1.38 bits per heavy atom. The molecule has 1 rings (SSSR count). The van der Waals surface area contributed by atoms with Gasteiger partial charge in [0.05, 0.1) is 5.97 Å². The van der Waals surface area contributed by atoms with Gasteiger partial charge in [0.2, 0.25) is 0 Å². The molecule has 0 bridgehead atoms. The minimum absolute atomic E-state index is 0. The fourth-order valence-electron chi connectivity index (χ4n) is 2.71. The van der Waals surface area contributed by atoms with E-state index >= 15 is 0 Å². The van der Waals surface area contributed by atoms with E-state index in [0.717, 1.165) is 11.3 Å². The topological polar surface area (TPSA) is 40.1 Å². The third-order valence-electron chi connectivity index (χ3n) is 4.10. The molecule has 24 heavy (non-hydrogen) atoms. The molecule has 0 aliphatic rings. The molecular weight excluding hydrogens is 343 g/mol. The van der Waals surface area contributed by atoms with Crippen molar-refractivity contribution in [1.82, 2.24) is 0 Å². The molecule has 0 aromatic heterocycles. The van der Waals surface area contributed by atoms with Crippen molar-refractivity contribution >= 4 is 17.7 Å². The molecule has 0 N–H and O–H groups in total. The van der Waals surface area contributed by atoms with E-state index in [-0.39, 0.29) is 57.1 Å². The molecule has 0 fully saturated rings. The standard InChI is InChI=1S/C20H32O2S.K/c1-2-3-4-5-6-7-8-9-10-11-12-18-13-15-19(16-14-18)23-17-20(21)22;/h13-16H,2-12,17H2,1H3,(H,21,22);/q;+1/p-1. The van der Waals surface area contributed by atoms with Crippen molar-refractivity contribution in [3.8, 4) is 0 Å². The number of benzene rings is 1. The number of hydrogen-bond donors (Lipinski definition) is 0. The summed E-state index contributed by atoms with van der Waals surface area (Å²) in [5.74, 6) is -0.984. The molecule has 2 nitrogen and oxygen atoms in total. The van der Waals surface area contributed by atoms with Gasteiger partial charge < -0.3 is 9.90 Å². The van der Waals surface area contributed by atoms with Gasteiger partial charge >= 0.3 is 51.4 Å². The Bertz CT molecular complexity index is 420. The third kappa shape index (κ3) is 13.9. The van der Waals surface area contributed by atoms with Crippen LogP contribution in [0.25, 0.3) is 0 Å². The van der Waals surface area contributed by atoms with Gasteiger partial charge in [-0.1, -0.05) is 76.8 Å². The number of carboxylic acid groups (broad SMARTS) is 1. The molecule has 0 radical (unpaired) electrons. The number of carboxylic acids is 1. The van der Waals surface area contributed by atoms with Crippen LogP contribution >= 0.6 is 11.8 Å². The fourth-order valence-corrected chi connectivity index (χ4v) is 3.32. The zero-order valence-corrected chi connectivity index (χ0v) is 19.5. The largest absolute Gasteiger partial charge is 1.00 e. The Labute approximate surface area is 195 Å². The average molecular weight is 375 g/mol. The summed E-state index contributed by atoms with van der Waals surface area (Å²) < 4.78 is 0. The summed E-state index contributed by atoms with van der Waals surface area (Å²) in [5.41, 5.74) is 1.35. The van der Waals surface area contributed by atoms with Gasteiger partial charge in [0.1, 0.15) is 0 Å². The van der Waals surface area contributed by atoms with Crippen molar-refractivity contribution in [2.45, 2.75) is 82.4 Å². The summed E-state index contributed by atoms with van der Waals surface area (Å²) in [5, 5.41) is 10.4. The van der Waals surface area contributed by atoms with Crippen molar-refractivity contribution in [1.29, 1.82) is 0 Å². The van der Waals surface area contributed by atoms with E-state index in [4.69, 9.17) is 0 Å². The summed E-state index contributed by atoms with van der Waals surface area (Å²) >= 11 is 1.32. The van der Waals surface area contributed by atoms with Gasteiger partial charge in [-0.25, -0.2) is 0 Å². The van der Waals surface area contributed by atoms with Crippen LogP contribution in [0.3, 0.4) is 0 Å². The van der Waals surface area contributed by atoms with Gasteiger partial charge in [-0.05, 0) is 30.5 Å². The van der Waals surface area contributed by atoms with E-state index in [0.29, 0.717) is 0 Å². The number of carbonyl (C=O) groups excluding carboxylic acids is 1. The van der Waals surface area contributed by atoms with E-state index in [9.17, 15) is 9.90 Å². The Morgan fingerprint density at radius 1 is 0.875 bits per heavy atom. The maximum absolute atomic E-state index is 10.4. The predicted octanol–water partition coefficient (Wildman–Crippen LogP) is 2.00. The molecule has 1 aromatic rings. The number of carbonyl (C=O) groups is 1. The van der Waals surface area contributed by atoms with Crippen molar-refractivity contribution in [2.75, 3.05) is 5.75 Å². The first-order valence-electron chi connectivity index (χ1n) is 9.14. The Kier molecular flexibility index (Phi) is 17.6. The second-order valence-corrected chi connectivity index (χ2v) is 7.29. The second-order valence-electron chi connectivity index (χ2n) is 6.24. The molecular formula is C20H31KO2S. The van der Waals surface area contributed by atoms with Crippen LogP contribution in [0.2, 0.25) is 0 Å². The summed E-state index contributed by atoms with van der Waals surface area (Å²) in [6.07, 6.45) is 14.8. The Hall–Kier alpha value is 0.676. The molecule has 130 valence electrons. The quantitative estimate of drug-likeness (QED) is 0.284. The van der Waals surface area contributed by atoms with Crippen LogP contribution in [0.15, 0.2) is 29.2 Å². The Balaban J connectivity index is 0.00000529. The van der Waals surface area contributed by atoms with Gasteiger partial charge in [-0.2, -0.15) is 0 Å². The molecule has 0 unspecified atom stereocenters. The Morgan fingerprint density at radius 3 is 1.88 bits per heavy atom. The minimum Gasteiger partial charge on any atom is -0.549 e. The van der Waals surface area contributed by atoms with Crippen LogP contribution in [0.5, 0.6) is 0 Å². The van der Waals surface area contributed by atoms with Crippen LogP contribution < -0.4 is 56.5 Å². The summed E-state index contributed by atoms with van der Waals surface area (Å²) in [6, 6.07) is 8.26. The number of aryl methyl sites for hydroxylation is 1. The molecule has 0 spiro atoms.